The van der Waals surface area contributed by atoms with Crippen LogP contribution in [0.2, 0.25) is 0 Å². The lowest BCUT2D eigenvalue weighted by Gasteiger charge is -2.24. The van der Waals surface area contributed by atoms with Gasteiger partial charge in [0.1, 0.15) is 0 Å². The Kier molecular flexibility index (Phi) is 4.54. The number of hydrogen-bond donors (Lipinski definition) is 2. The number of carbonyl (C=O) groups is 1. The van der Waals surface area contributed by atoms with E-state index in [1.807, 2.05) is 6.92 Å². The third kappa shape index (κ3) is 6.85. The molecule has 0 aliphatic carbocycles. The average molecular weight is 223 g/mol. The molecule has 0 spiro atoms. The van der Waals surface area contributed by atoms with Gasteiger partial charge in [-0.05, 0) is 20.3 Å². The average Bonchev–Trinajstić information content (AvgIpc) is 1.78. The number of rotatable bonds is 5. The zero-order chi connectivity index (χ0) is 11.4. The second kappa shape index (κ2) is 4.75. The highest BCUT2D eigenvalue weighted by Gasteiger charge is 2.26. The van der Waals surface area contributed by atoms with Crippen molar-refractivity contribution in [1.29, 1.82) is 0 Å². The van der Waals surface area contributed by atoms with Gasteiger partial charge >= 0.3 is 0 Å². The molecule has 2 N–H and O–H groups in total. The van der Waals surface area contributed by atoms with Gasteiger partial charge in [0.2, 0.25) is 5.91 Å². The van der Waals surface area contributed by atoms with Crippen molar-refractivity contribution < 1.29 is 17.8 Å². The first-order valence-corrected chi connectivity index (χ1v) is 6.03. The summed E-state index contributed by atoms with van der Waals surface area (Å²) in [6, 6.07) is 0. The minimum absolute atomic E-state index is 0.207. The molecule has 6 heteroatoms. The zero-order valence-corrected chi connectivity index (χ0v) is 9.52. The molecular weight excluding hydrogens is 206 g/mol. The summed E-state index contributed by atoms with van der Waals surface area (Å²) in [5.74, 6) is -0.684. The first-order chi connectivity index (χ1) is 6.16. The van der Waals surface area contributed by atoms with E-state index in [1.165, 1.54) is 0 Å². The lowest BCUT2D eigenvalue weighted by Crippen LogP contribution is -2.48. The predicted molar refractivity (Wildman–Crippen MR) is 53.5 cm³/mol. The minimum atomic E-state index is -4.06. The summed E-state index contributed by atoms with van der Waals surface area (Å²) in [6.45, 7) is 4.96. The molecule has 84 valence electrons. The number of hydrogen-bond acceptors (Lipinski definition) is 3. The van der Waals surface area contributed by atoms with E-state index in [9.17, 15) is 13.2 Å². The number of carbonyl (C=O) groups excluding carboxylic acids is 1. The lowest BCUT2D eigenvalue weighted by molar-refractivity contribution is -0.122. The van der Waals surface area contributed by atoms with Gasteiger partial charge in [0.05, 0.1) is 11.3 Å². The molecule has 0 unspecified atom stereocenters. The number of nitrogens with one attached hydrogen (secondary N) is 1. The van der Waals surface area contributed by atoms with Crippen LogP contribution < -0.4 is 5.32 Å². The van der Waals surface area contributed by atoms with Gasteiger partial charge in [-0.1, -0.05) is 6.92 Å². The molecular formula is C8H17NO4S. The van der Waals surface area contributed by atoms with Crippen LogP contribution in [0.1, 0.15) is 33.6 Å². The van der Waals surface area contributed by atoms with E-state index in [1.54, 1.807) is 13.8 Å². The van der Waals surface area contributed by atoms with Crippen LogP contribution in [0.4, 0.5) is 0 Å². The van der Waals surface area contributed by atoms with Crippen LogP contribution in [0.25, 0.3) is 0 Å². The van der Waals surface area contributed by atoms with E-state index in [2.05, 4.69) is 5.32 Å². The smallest absolute Gasteiger partial charge is 0.267 e. The first kappa shape index (κ1) is 13.4. The summed E-state index contributed by atoms with van der Waals surface area (Å²) in [4.78, 5) is 11.2. The van der Waals surface area contributed by atoms with Crippen LogP contribution >= 0.6 is 0 Å². The third-order valence-electron chi connectivity index (χ3n) is 1.50. The van der Waals surface area contributed by atoms with Crippen molar-refractivity contribution >= 4 is 16.0 Å². The highest BCUT2D eigenvalue weighted by Crippen LogP contribution is 2.06. The maximum Gasteiger partial charge on any atom is 0.267 e. The van der Waals surface area contributed by atoms with E-state index >= 15 is 0 Å². The summed E-state index contributed by atoms with van der Waals surface area (Å²) in [5, 5.41) is 2.54. The van der Waals surface area contributed by atoms with Gasteiger partial charge in [-0.2, -0.15) is 8.42 Å². The van der Waals surface area contributed by atoms with Crippen molar-refractivity contribution in [3.05, 3.63) is 0 Å². The van der Waals surface area contributed by atoms with Crippen molar-refractivity contribution in [3.8, 4) is 0 Å². The topological polar surface area (TPSA) is 83.5 Å². The largest absolute Gasteiger partial charge is 0.350 e. The van der Waals surface area contributed by atoms with Gasteiger partial charge < -0.3 is 5.32 Å². The standard InChI is InChI=1S/C8H17NO4S/c1-4-5-7(10)9-8(2,3)6-14(11,12)13/h4-6H2,1-3H3,(H,9,10)(H,11,12,13). The van der Waals surface area contributed by atoms with E-state index in [4.69, 9.17) is 4.55 Å². The van der Waals surface area contributed by atoms with Crippen LogP contribution in [0.5, 0.6) is 0 Å². The van der Waals surface area contributed by atoms with E-state index in [0.717, 1.165) is 0 Å². The molecule has 0 saturated carbocycles. The molecule has 0 aromatic carbocycles. The van der Waals surface area contributed by atoms with Gasteiger partial charge in [-0.15, -0.1) is 0 Å². The van der Waals surface area contributed by atoms with Gasteiger partial charge in [0, 0.05) is 6.42 Å². The van der Waals surface area contributed by atoms with Gasteiger partial charge in [0.25, 0.3) is 10.1 Å². The molecule has 0 atom stereocenters. The van der Waals surface area contributed by atoms with E-state index in [-0.39, 0.29) is 5.91 Å². The van der Waals surface area contributed by atoms with Crippen molar-refractivity contribution in [3.63, 3.8) is 0 Å². The maximum absolute atomic E-state index is 11.2. The molecule has 0 aliphatic rings. The molecule has 0 radical (unpaired) electrons. The summed E-state index contributed by atoms with van der Waals surface area (Å²) in [6.07, 6.45) is 1.06. The van der Waals surface area contributed by atoms with Gasteiger partial charge in [-0.25, -0.2) is 0 Å². The molecule has 0 aliphatic heterocycles. The van der Waals surface area contributed by atoms with Crippen LogP contribution in [-0.4, -0.2) is 30.2 Å². The molecule has 0 aromatic heterocycles. The normalized spacial score (nSPS) is 12.6. The molecule has 0 rings (SSSR count). The monoisotopic (exact) mass is 223 g/mol. The molecule has 0 fully saturated rings. The summed E-state index contributed by atoms with van der Waals surface area (Å²) < 4.78 is 29.8. The Hall–Kier alpha value is -0.620. The Morgan fingerprint density at radius 2 is 1.93 bits per heavy atom. The maximum atomic E-state index is 11.2. The highest BCUT2D eigenvalue weighted by molar-refractivity contribution is 7.85. The summed E-state index contributed by atoms with van der Waals surface area (Å²) in [7, 11) is -4.06. The Morgan fingerprint density at radius 3 is 2.29 bits per heavy atom. The third-order valence-corrected chi connectivity index (χ3v) is 2.58. The van der Waals surface area contributed by atoms with Crippen LogP contribution in [-0.2, 0) is 14.9 Å². The highest BCUT2D eigenvalue weighted by atomic mass is 32.2. The summed E-state index contributed by atoms with van der Waals surface area (Å²) in [5.41, 5.74) is -0.931. The Labute approximate surface area is 84.6 Å². The predicted octanol–water partition coefficient (Wildman–Crippen LogP) is 0.569. The Morgan fingerprint density at radius 1 is 1.43 bits per heavy atom. The zero-order valence-electron chi connectivity index (χ0n) is 8.70. The quantitative estimate of drug-likeness (QED) is 0.667. The van der Waals surface area contributed by atoms with E-state index < -0.39 is 21.4 Å². The van der Waals surface area contributed by atoms with E-state index in [0.29, 0.717) is 12.8 Å². The van der Waals surface area contributed by atoms with Gasteiger partial charge in [0.15, 0.2) is 0 Å². The van der Waals surface area contributed by atoms with Crippen LogP contribution in [0, 0.1) is 0 Å². The molecule has 0 heterocycles. The second-order valence-electron chi connectivity index (χ2n) is 3.91. The fourth-order valence-electron chi connectivity index (χ4n) is 1.16. The molecule has 14 heavy (non-hydrogen) atoms. The van der Waals surface area contributed by atoms with Crippen LogP contribution in [0.3, 0.4) is 0 Å². The molecule has 0 saturated heterocycles. The second-order valence-corrected chi connectivity index (χ2v) is 5.36. The molecule has 5 nitrogen and oxygen atoms in total. The molecule has 1 amide bonds. The van der Waals surface area contributed by atoms with Crippen molar-refractivity contribution in [2.75, 3.05) is 5.75 Å². The van der Waals surface area contributed by atoms with Crippen molar-refractivity contribution in [2.24, 2.45) is 0 Å². The lowest BCUT2D eigenvalue weighted by atomic mass is 10.1. The fraction of sp³-hybridized carbons (Fsp3) is 0.875. The Balaban J connectivity index is 4.27. The molecule has 0 aromatic rings. The summed E-state index contributed by atoms with van der Waals surface area (Å²) >= 11 is 0. The molecule has 0 bridgehead atoms. The Bertz CT molecular complexity index is 294. The van der Waals surface area contributed by atoms with Crippen molar-refractivity contribution in [1.82, 2.24) is 5.32 Å². The SMILES string of the molecule is CCCC(=O)NC(C)(C)CS(=O)(=O)O. The number of amides is 1. The minimum Gasteiger partial charge on any atom is -0.350 e. The van der Waals surface area contributed by atoms with Gasteiger partial charge in [-0.3, -0.25) is 9.35 Å². The first-order valence-electron chi connectivity index (χ1n) is 4.42. The van der Waals surface area contributed by atoms with Crippen molar-refractivity contribution in [2.45, 2.75) is 39.2 Å². The fourth-order valence-corrected chi connectivity index (χ4v) is 2.14. The van der Waals surface area contributed by atoms with Crippen LogP contribution in [0.15, 0.2) is 0 Å².